The van der Waals surface area contributed by atoms with Gasteiger partial charge < -0.3 is 0 Å². The molecule has 1 aromatic rings. The van der Waals surface area contributed by atoms with Crippen molar-refractivity contribution >= 4 is 29.6 Å². The van der Waals surface area contributed by atoms with E-state index in [-0.39, 0.29) is 16.9 Å². The van der Waals surface area contributed by atoms with Gasteiger partial charge in [-0.05, 0) is 11.8 Å². The van der Waals surface area contributed by atoms with Crippen LogP contribution in [0.25, 0.3) is 0 Å². The number of hydrogen-bond donors (Lipinski definition) is 0. The maximum Gasteiger partial charge on any atom is 0.366 e. The molecule has 0 bridgehead atoms. The Balaban J connectivity index is 2.72. The second kappa shape index (κ2) is 3.33. The van der Waals surface area contributed by atoms with Crippen molar-refractivity contribution in [3.8, 4) is 0 Å². The molecule has 0 atom stereocenters. The lowest BCUT2D eigenvalue weighted by Gasteiger charge is -2.16. The Morgan fingerprint density at radius 3 is 2.56 bits per heavy atom. The molecule has 16 heavy (non-hydrogen) atoms. The number of alkyl halides is 4. The Hall–Kier alpha value is -0.820. The van der Waals surface area contributed by atoms with Gasteiger partial charge in [0.05, 0.1) is 15.5 Å². The maximum absolute atomic E-state index is 13.2. The molecule has 2 heterocycles. The molecule has 0 radical (unpaired) electrons. The number of rotatable bonds is 1. The SMILES string of the molecule is O=Cc1c(Cl)cnc2c1SC(F)(F)C2(F)F. The number of halogens is 5. The van der Waals surface area contributed by atoms with Crippen molar-refractivity contribution in [3.63, 3.8) is 0 Å². The van der Waals surface area contributed by atoms with Crippen molar-refractivity contribution in [1.29, 1.82) is 0 Å². The first-order chi connectivity index (χ1) is 7.31. The number of thioether (sulfide) groups is 1. The molecule has 86 valence electrons. The molecule has 2 rings (SSSR count). The highest BCUT2D eigenvalue weighted by Crippen LogP contribution is 2.60. The van der Waals surface area contributed by atoms with Crippen LogP contribution in [0.5, 0.6) is 0 Å². The minimum Gasteiger partial charge on any atom is -0.298 e. The summed E-state index contributed by atoms with van der Waals surface area (Å²) < 4.78 is 52.3. The number of carbonyl (C=O) groups is 1. The number of aldehydes is 1. The molecule has 0 saturated carbocycles. The van der Waals surface area contributed by atoms with E-state index >= 15 is 0 Å². The predicted molar refractivity (Wildman–Crippen MR) is 49.3 cm³/mol. The fourth-order valence-electron chi connectivity index (χ4n) is 1.25. The van der Waals surface area contributed by atoms with Crippen LogP contribution in [0, 0.1) is 0 Å². The Labute approximate surface area is 96.0 Å². The molecule has 0 unspecified atom stereocenters. The van der Waals surface area contributed by atoms with Gasteiger partial charge >= 0.3 is 11.2 Å². The average Bonchev–Trinajstić information content (AvgIpc) is 2.33. The summed E-state index contributed by atoms with van der Waals surface area (Å²) in [5.74, 6) is -4.39. The van der Waals surface area contributed by atoms with Crippen LogP contribution in [0.2, 0.25) is 5.02 Å². The maximum atomic E-state index is 13.2. The highest BCUT2D eigenvalue weighted by atomic mass is 35.5. The van der Waals surface area contributed by atoms with E-state index in [0.717, 1.165) is 6.20 Å². The molecular formula is C8H2ClF4NOS. The van der Waals surface area contributed by atoms with Crippen LogP contribution in [-0.2, 0) is 5.92 Å². The summed E-state index contributed by atoms with van der Waals surface area (Å²) in [7, 11) is 0. The molecule has 2 nitrogen and oxygen atoms in total. The first kappa shape index (κ1) is 11.7. The highest BCUT2D eigenvalue weighted by Gasteiger charge is 2.66. The number of aromatic nitrogens is 1. The van der Waals surface area contributed by atoms with Gasteiger partial charge in [-0.2, -0.15) is 17.6 Å². The van der Waals surface area contributed by atoms with Crippen LogP contribution in [-0.4, -0.2) is 16.5 Å². The van der Waals surface area contributed by atoms with Gasteiger partial charge in [-0.3, -0.25) is 9.78 Å². The van der Waals surface area contributed by atoms with E-state index in [9.17, 15) is 22.4 Å². The second-order valence-electron chi connectivity index (χ2n) is 3.01. The van der Waals surface area contributed by atoms with Gasteiger partial charge in [0.1, 0.15) is 5.69 Å². The van der Waals surface area contributed by atoms with Gasteiger partial charge in [0, 0.05) is 6.20 Å². The summed E-state index contributed by atoms with van der Waals surface area (Å²) in [6, 6.07) is 0. The van der Waals surface area contributed by atoms with Gasteiger partial charge in [0.2, 0.25) is 0 Å². The van der Waals surface area contributed by atoms with Crippen LogP contribution in [0.15, 0.2) is 11.1 Å². The van der Waals surface area contributed by atoms with Gasteiger partial charge in [0.15, 0.2) is 6.29 Å². The largest absolute Gasteiger partial charge is 0.366 e. The van der Waals surface area contributed by atoms with Gasteiger partial charge in [-0.15, -0.1) is 0 Å². The third-order valence-corrected chi connectivity index (χ3v) is 3.47. The number of carbonyl (C=O) groups excluding carboxylic acids is 1. The van der Waals surface area contributed by atoms with Crippen LogP contribution in [0.1, 0.15) is 16.1 Å². The van der Waals surface area contributed by atoms with E-state index < -0.39 is 33.5 Å². The first-order valence-electron chi connectivity index (χ1n) is 3.90. The molecule has 0 spiro atoms. The Morgan fingerprint density at radius 2 is 2.00 bits per heavy atom. The molecule has 0 aromatic carbocycles. The molecule has 1 aliphatic heterocycles. The Kier molecular flexibility index (Phi) is 2.43. The van der Waals surface area contributed by atoms with E-state index in [0.29, 0.717) is 0 Å². The Bertz CT molecular complexity index is 479. The lowest BCUT2D eigenvalue weighted by molar-refractivity contribution is -0.157. The summed E-state index contributed by atoms with van der Waals surface area (Å²) in [6.07, 6.45) is 0.924. The third kappa shape index (κ3) is 1.34. The van der Waals surface area contributed by atoms with E-state index in [1.807, 2.05) is 0 Å². The molecule has 0 amide bonds. The predicted octanol–water partition coefficient (Wildman–Crippen LogP) is 3.34. The molecule has 0 fully saturated rings. The quantitative estimate of drug-likeness (QED) is 0.580. The summed E-state index contributed by atoms with van der Waals surface area (Å²) in [4.78, 5) is 13.2. The first-order valence-corrected chi connectivity index (χ1v) is 5.09. The standard InChI is InChI=1S/C8H2ClF4NOS/c9-4-1-14-6-5(3(4)2-15)16-8(12,13)7(6,10)11/h1-2H. The molecule has 1 aromatic heterocycles. The van der Waals surface area contributed by atoms with E-state index in [4.69, 9.17) is 11.6 Å². The van der Waals surface area contributed by atoms with Crippen LogP contribution >= 0.6 is 23.4 Å². The Morgan fingerprint density at radius 1 is 1.38 bits per heavy atom. The van der Waals surface area contributed by atoms with Crippen LogP contribution < -0.4 is 0 Å². The third-order valence-electron chi connectivity index (χ3n) is 2.04. The van der Waals surface area contributed by atoms with Gasteiger partial charge in [-0.25, -0.2) is 0 Å². The second-order valence-corrected chi connectivity index (χ2v) is 4.54. The van der Waals surface area contributed by atoms with E-state index in [1.54, 1.807) is 0 Å². The molecule has 8 heteroatoms. The smallest absolute Gasteiger partial charge is 0.298 e. The molecule has 0 N–H and O–H groups in total. The van der Waals surface area contributed by atoms with Crippen molar-refractivity contribution in [2.45, 2.75) is 16.1 Å². The summed E-state index contributed by atoms with van der Waals surface area (Å²) in [6.45, 7) is 0. The summed E-state index contributed by atoms with van der Waals surface area (Å²) >= 11 is 5.10. The molecule has 0 saturated heterocycles. The lowest BCUT2D eigenvalue weighted by atomic mass is 10.1. The summed E-state index contributed by atoms with van der Waals surface area (Å²) in [5.41, 5.74) is -1.48. The fourth-order valence-corrected chi connectivity index (χ4v) is 2.52. The molecule has 0 aliphatic carbocycles. The highest BCUT2D eigenvalue weighted by molar-refractivity contribution is 8.00. The van der Waals surface area contributed by atoms with Crippen LogP contribution in [0.3, 0.4) is 0 Å². The van der Waals surface area contributed by atoms with Crippen molar-refractivity contribution in [2.75, 3.05) is 0 Å². The minimum atomic E-state index is -4.39. The normalized spacial score (nSPS) is 20.6. The number of nitrogens with zero attached hydrogens (tertiary/aromatic N) is 1. The zero-order chi connectivity index (χ0) is 12.1. The molecule has 1 aliphatic rings. The summed E-state index contributed by atoms with van der Waals surface area (Å²) in [5, 5.41) is -4.54. The lowest BCUT2D eigenvalue weighted by Crippen LogP contribution is -2.30. The topological polar surface area (TPSA) is 30.0 Å². The average molecular weight is 272 g/mol. The van der Waals surface area contributed by atoms with Crippen molar-refractivity contribution in [3.05, 3.63) is 22.5 Å². The fraction of sp³-hybridized carbons (Fsp3) is 0.250. The monoisotopic (exact) mass is 271 g/mol. The van der Waals surface area contributed by atoms with Gasteiger partial charge in [0.25, 0.3) is 0 Å². The minimum absolute atomic E-state index is 0.160. The van der Waals surface area contributed by atoms with E-state index in [2.05, 4.69) is 4.98 Å². The van der Waals surface area contributed by atoms with Crippen molar-refractivity contribution in [2.24, 2.45) is 0 Å². The zero-order valence-electron chi connectivity index (χ0n) is 7.31. The zero-order valence-corrected chi connectivity index (χ0v) is 8.88. The number of fused-ring (bicyclic) bond motifs is 1. The van der Waals surface area contributed by atoms with Gasteiger partial charge in [-0.1, -0.05) is 11.6 Å². The van der Waals surface area contributed by atoms with Crippen molar-refractivity contribution in [1.82, 2.24) is 4.98 Å². The van der Waals surface area contributed by atoms with Crippen molar-refractivity contribution < 1.29 is 22.4 Å². The molecular weight excluding hydrogens is 270 g/mol. The number of hydrogen-bond acceptors (Lipinski definition) is 3. The number of pyridine rings is 1. The van der Waals surface area contributed by atoms with Crippen LogP contribution in [0.4, 0.5) is 17.6 Å². The van der Waals surface area contributed by atoms with E-state index in [1.165, 1.54) is 0 Å².